The predicted octanol–water partition coefficient (Wildman–Crippen LogP) is -8.92. The summed E-state index contributed by atoms with van der Waals surface area (Å²) in [5, 5.41) is 0. The average Bonchev–Trinajstić information content (AvgIpc) is 1.12. The van der Waals surface area contributed by atoms with Crippen LogP contribution in [0, 0.1) is 10.2 Å². The number of rotatable bonds is 0. The van der Waals surface area contributed by atoms with Gasteiger partial charge in [0.15, 0.2) is 0 Å². The molecule has 72 valence electrons. The van der Waals surface area contributed by atoms with Crippen molar-refractivity contribution in [3.8, 4) is 0 Å². The summed E-state index contributed by atoms with van der Waals surface area (Å²) in [7, 11) is -4.94. The van der Waals surface area contributed by atoms with E-state index in [9.17, 15) is 0 Å². The van der Waals surface area contributed by atoms with E-state index in [1.165, 1.54) is 0 Å². The van der Waals surface area contributed by atoms with Gasteiger partial charge in [0.1, 0.15) is 0 Å². The van der Waals surface area contributed by atoms with Crippen molar-refractivity contribution in [2.45, 2.75) is 0 Å². The maximum absolute atomic E-state index is 8.58. The van der Waals surface area contributed by atoms with Gasteiger partial charge in [-0.25, -0.2) is 18.6 Å². The first kappa shape index (κ1) is 23.4. The van der Waals surface area contributed by atoms with Crippen molar-refractivity contribution >= 4 is 0 Å². The molecule has 0 bridgehead atoms. The molecule has 0 heterocycles. The van der Waals surface area contributed by atoms with Gasteiger partial charge in [0.2, 0.25) is 0 Å². The second-order valence-corrected chi connectivity index (χ2v) is 2.69. The number of hydrogen-bond acceptors (Lipinski definition) is 8. The Hall–Kier alpha value is 1.61. The molecule has 0 fully saturated rings. The van der Waals surface area contributed by atoms with E-state index in [1.807, 2.05) is 0 Å². The topological polar surface area (TPSA) is 203 Å². The van der Waals surface area contributed by atoms with E-state index in [0.29, 0.717) is 0 Å². The van der Waals surface area contributed by atoms with E-state index >= 15 is 0 Å². The number of hydrogen-bond donors (Lipinski definition) is 1. The van der Waals surface area contributed by atoms with Crippen LogP contribution in [0.15, 0.2) is 0 Å². The summed E-state index contributed by atoms with van der Waals surface area (Å²) in [6.07, 6.45) is 0. The zero-order valence-corrected chi connectivity index (χ0v) is 11.1. The Bertz CT molecular complexity index is 197. The van der Waals surface area contributed by atoms with Gasteiger partial charge in [0, 0.05) is 0 Å². The fourth-order valence-corrected chi connectivity index (χ4v) is 0. The molecule has 0 radical (unpaired) electrons. The second-order valence-electron chi connectivity index (χ2n) is 0.756. The van der Waals surface area contributed by atoms with E-state index < -0.39 is 23.2 Å². The standard InChI is InChI=1S/ClHO4.K.Mn.H3N.4O/c2-1(3,4)5;;;;;;;/h(H,2,3,4,5);;;1H3;;;;/q;+1;;;;;;-1. The van der Waals surface area contributed by atoms with Crippen molar-refractivity contribution in [3.63, 3.8) is 0 Å². The van der Waals surface area contributed by atoms with Gasteiger partial charge in [-0.15, -0.1) is 10.2 Å². The predicted molar refractivity (Wildman–Crippen MR) is 8.04 cm³/mol. The summed E-state index contributed by atoms with van der Waals surface area (Å²) in [6.45, 7) is 0. The quantitative estimate of drug-likeness (QED) is 0.419. The Labute approximate surface area is 113 Å². The van der Waals surface area contributed by atoms with Crippen LogP contribution in [-0.2, 0) is 24.5 Å². The first-order valence-corrected chi connectivity index (χ1v) is 4.40. The molecule has 12 heteroatoms. The van der Waals surface area contributed by atoms with Crippen LogP contribution in [0.3, 0.4) is 0 Å². The van der Waals surface area contributed by atoms with Crippen molar-refractivity contribution in [2.24, 2.45) is 0 Å². The van der Waals surface area contributed by atoms with Gasteiger partial charge in [0.25, 0.3) is 0 Å². The maximum atomic E-state index is 8.58. The van der Waals surface area contributed by atoms with E-state index in [4.69, 9.17) is 34.3 Å². The summed E-state index contributed by atoms with van der Waals surface area (Å²) >= 11 is -5.62. The van der Waals surface area contributed by atoms with Gasteiger partial charge >= 0.3 is 80.0 Å². The van der Waals surface area contributed by atoms with Crippen LogP contribution in [0.5, 0.6) is 0 Å². The van der Waals surface area contributed by atoms with Crippen LogP contribution in [0.25, 0.3) is 0 Å². The Balaban J connectivity index is -0.0000000457. The van der Waals surface area contributed by atoms with Crippen molar-refractivity contribution in [3.05, 3.63) is 0 Å². The molecule has 4 N–H and O–H groups in total. The van der Waals surface area contributed by atoms with Gasteiger partial charge in [-0.2, -0.15) is 0 Å². The molecule has 12 heavy (non-hydrogen) atoms. The molecule has 0 aromatic carbocycles. The van der Waals surface area contributed by atoms with Crippen molar-refractivity contribution in [2.75, 3.05) is 0 Å². The van der Waals surface area contributed by atoms with Gasteiger partial charge in [-0.05, 0) is 0 Å². The van der Waals surface area contributed by atoms with Crippen LogP contribution in [-0.4, -0.2) is 0 Å². The zero-order chi connectivity index (χ0) is 9.00. The van der Waals surface area contributed by atoms with Crippen LogP contribution in [0.1, 0.15) is 0 Å². The third-order valence-electron chi connectivity index (χ3n) is 0. The van der Waals surface area contributed by atoms with Crippen molar-refractivity contribution in [1.29, 1.82) is 0 Å². The Kier molecular flexibility index (Phi) is 17.9. The van der Waals surface area contributed by atoms with Crippen molar-refractivity contribution in [1.82, 2.24) is 6.15 Å². The first-order valence-electron chi connectivity index (χ1n) is 1.23. The molecule has 0 spiro atoms. The van der Waals surface area contributed by atoms with Gasteiger partial charge in [-0.1, -0.05) is 0 Å². The molecule has 0 aliphatic heterocycles. The number of quaternary nitrogens is 1. The number of halogens is 1. The van der Waals surface area contributed by atoms with Crippen LogP contribution >= 0.6 is 0 Å². The normalized spacial score (nSPS) is 9.75. The summed E-state index contributed by atoms with van der Waals surface area (Å²) in [6, 6.07) is 0. The summed E-state index contributed by atoms with van der Waals surface area (Å²) in [5.74, 6) is 0. The van der Waals surface area contributed by atoms with E-state index in [-0.39, 0.29) is 57.5 Å². The molecule has 9 nitrogen and oxygen atoms in total. The molecular formula is H4ClKMnNO8. The van der Waals surface area contributed by atoms with Crippen LogP contribution in [0.4, 0.5) is 0 Å². The minimum absolute atomic E-state index is 0. The first-order chi connectivity index (χ1) is 4.00. The molecule has 0 aromatic rings. The fraction of sp³-hybridized carbons (Fsp3) is 0. The van der Waals surface area contributed by atoms with E-state index in [2.05, 4.69) is 0 Å². The van der Waals surface area contributed by atoms with E-state index in [1.54, 1.807) is 0 Å². The molecule has 0 saturated carbocycles. The summed E-state index contributed by atoms with van der Waals surface area (Å²) in [4.78, 5) is 0. The second kappa shape index (κ2) is 9.17. The summed E-state index contributed by atoms with van der Waals surface area (Å²) < 4.78 is 68.3. The SMILES string of the molecule is [K+].[NH4+].[O-][Cl+3]([O-])([O-])[O-].[O]=[Mn](=[O])(=[O])[O-]. The molecule has 0 aromatic heterocycles. The van der Waals surface area contributed by atoms with Crippen molar-refractivity contribution < 1.29 is 109 Å². The molecular weight excluding hydrogens is 271 g/mol. The average molecular weight is 276 g/mol. The molecule has 0 amide bonds. The Morgan fingerprint density at radius 3 is 0.917 bits per heavy atom. The van der Waals surface area contributed by atoms with Crippen LogP contribution in [0.2, 0.25) is 0 Å². The monoisotopic (exact) mass is 275 g/mol. The summed E-state index contributed by atoms with van der Waals surface area (Å²) in [5.41, 5.74) is 0. The molecule has 0 unspecified atom stereocenters. The van der Waals surface area contributed by atoms with Gasteiger partial charge in [-0.3, -0.25) is 0 Å². The zero-order valence-electron chi connectivity index (χ0n) is 6.02. The third kappa shape index (κ3) is 506. The molecule has 0 saturated heterocycles. The third-order valence-corrected chi connectivity index (χ3v) is 0. The molecule has 0 aliphatic carbocycles. The Morgan fingerprint density at radius 2 is 0.917 bits per heavy atom. The Morgan fingerprint density at radius 1 is 0.917 bits per heavy atom. The fourth-order valence-electron chi connectivity index (χ4n) is 0. The molecule has 0 atom stereocenters. The van der Waals surface area contributed by atoms with Gasteiger partial charge < -0.3 is 6.15 Å². The molecule has 0 rings (SSSR count). The van der Waals surface area contributed by atoms with Gasteiger partial charge in [0.05, 0.1) is 0 Å². The van der Waals surface area contributed by atoms with Crippen LogP contribution < -0.4 is 80.4 Å². The molecule has 0 aliphatic rings. The minimum atomic E-state index is -5.62. The van der Waals surface area contributed by atoms with E-state index in [0.717, 1.165) is 0 Å².